The van der Waals surface area contributed by atoms with Gasteiger partial charge in [0.05, 0.1) is 4.90 Å². The molecule has 4 rings (SSSR count). The van der Waals surface area contributed by atoms with Crippen molar-refractivity contribution in [1.29, 1.82) is 0 Å². The number of nitrogens with one attached hydrogen (secondary N) is 1. The van der Waals surface area contributed by atoms with Gasteiger partial charge in [-0.05, 0) is 44.4 Å². The van der Waals surface area contributed by atoms with Gasteiger partial charge in [0.25, 0.3) is 0 Å². The Morgan fingerprint density at radius 1 is 1.14 bits per heavy atom. The number of fused-ring (bicyclic) bond motifs is 1. The van der Waals surface area contributed by atoms with Crippen LogP contribution in [0.5, 0.6) is 11.5 Å². The second-order valence-electron chi connectivity index (χ2n) is 6.18. The summed E-state index contributed by atoms with van der Waals surface area (Å²) in [7, 11) is -3.52. The number of nitrogens with zero attached hydrogens (tertiary/aromatic N) is 1. The second kappa shape index (κ2) is 5.11. The molecule has 0 spiro atoms. The zero-order valence-corrected chi connectivity index (χ0v) is 13.4. The number of hydrogen-bond acceptors (Lipinski definition) is 5. The van der Waals surface area contributed by atoms with Crippen molar-refractivity contribution < 1.29 is 17.9 Å². The van der Waals surface area contributed by atoms with Gasteiger partial charge in [-0.25, -0.2) is 8.42 Å². The van der Waals surface area contributed by atoms with Crippen molar-refractivity contribution in [3.63, 3.8) is 0 Å². The molecule has 1 aromatic rings. The Morgan fingerprint density at radius 2 is 1.86 bits per heavy atom. The first kappa shape index (κ1) is 14.3. The topological polar surface area (TPSA) is 67.9 Å². The van der Waals surface area contributed by atoms with E-state index in [-0.39, 0.29) is 18.9 Å². The fraction of sp³-hybridized carbons (Fsp3) is 0.600. The first-order valence-corrected chi connectivity index (χ1v) is 9.16. The van der Waals surface area contributed by atoms with Crippen molar-refractivity contribution in [3.8, 4) is 11.5 Å². The van der Waals surface area contributed by atoms with E-state index in [2.05, 4.69) is 5.32 Å². The normalized spacial score (nSPS) is 24.2. The van der Waals surface area contributed by atoms with Gasteiger partial charge in [0.1, 0.15) is 0 Å². The third-order valence-electron chi connectivity index (χ3n) is 4.53. The molecule has 2 aliphatic heterocycles. The molecular weight excluding hydrogens is 304 g/mol. The van der Waals surface area contributed by atoms with E-state index < -0.39 is 10.0 Å². The lowest BCUT2D eigenvalue weighted by atomic mass is 10.2. The molecule has 2 heterocycles. The molecule has 3 aliphatic rings. The molecule has 1 aliphatic carbocycles. The summed E-state index contributed by atoms with van der Waals surface area (Å²) in [5, 5.41) is 3.26. The SMILES string of the molecule is Cc1cc2c(cc1S(=O)(=O)N(C1CC1)C1CCNC1)OCO2. The van der Waals surface area contributed by atoms with Gasteiger partial charge in [-0.1, -0.05) is 0 Å². The van der Waals surface area contributed by atoms with E-state index in [4.69, 9.17) is 9.47 Å². The average Bonchev–Trinajstić information content (AvgIpc) is 2.97. The van der Waals surface area contributed by atoms with Crippen LogP contribution in [0.4, 0.5) is 0 Å². The van der Waals surface area contributed by atoms with Crippen LogP contribution in [0.25, 0.3) is 0 Å². The van der Waals surface area contributed by atoms with Gasteiger partial charge >= 0.3 is 0 Å². The minimum absolute atomic E-state index is 0.0577. The lowest BCUT2D eigenvalue weighted by Crippen LogP contribution is -2.43. The smallest absolute Gasteiger partial charge is 0.244 e. The van der Waals surface area contributed by atoms with Gasteiger partial charge in [-0.2, -0.15) is 4.31 Å². The molecule has 1 saturated carbocycles. The van der Waals surface area contributed by atoms with Crippen molar-refractivity contribution in [2.24, 2.45) is 0 Å². The highest BCUT2D eigenvalue weighted by molar-refractivity contribution is 7.89. The summed E-state index contributed by atoms with van der Waals surface area (Å²) in [4.78, 5) is 0.343. The van der Waals surface area contributed by atoms with E-state index in [1.54, 1.807) is 16.4 Å². The van der Waals surface area contributed by atoms with E-state index >= 15 is 0 Å². The fourth-order valence-electron chi connectivity index (χ4n) is 3.29. The Bertz CT molecular complexity index is 694. The molecule has 1 atom stereocenters. The summed E-state index contributed by atoms with van der Waals surface area (Å²) in [6, 6.07) is 3.58. The van der Waals surface area contributed by atoms with Gasteiger partial charge in [0, 0.05) is 24.7 Å². The Hall–Kier alpha value is -1.31. The molecule has 120 valence electrons. The minimum atomic E-state index is -3.52. The third kappa shape index (κ3) is 2.28. The molecule has 2 fully saturated rings. The summed E-state index contributed by atoms with van der Waals surface area (Å²) in [5.74, 6) is 1.14. The van der Waals surface area contributed by atoms with Crippen molar-refractivity contribution >= 4 is 10.0 Å². The van der Waals surface area contributed by atoms with Gasteiger partial charge in [-0.3, -0.25) is 0 Å². The number of rotatable bonds is 4. The molecule has 22 heavy (non-hydrogen) atoms. The van der Waals surface area contributed by atoms with Crippen LogP contribution in [0.1, 0.15) is 24.8 Å². The first-order valence-electron chi connectivity index (χ1n) is 7.72. The summed E-state index contributed by atoms with van der Waals surface area (Å²) < 4.78 is 38.9. The van der Waals surface area contributed by atoms with Gasteiger partial charge < -0.3 is 14.8 Å². The molecule has 0 radical (unpaired) electrons. The second-order valence-corrected chi connectivity index (χ2v) is 8.00. The summed E-state index contributed by atoms with van der Waals surface area (Å²) >= 11 is 0. The van der Waals surface area contributed by atoms with Gasteiger partial charge in [-0.15, -0.1) is 0 Å². The standard InChI is InChI=1S/C15H20N2O4S/c1-10-6-13-14(21-9-20-13)7-15(10)22(18,19)17(11-2-3-11)12-4-5-16-8-12/h6-7,11-12,16H,2-5,8-9H2,1H3. The van der Waals surface area contributed by atoms with Crippen LogP contribution in [0.15, 0.2) is 17.0 Å². The van der Waals surface area contributed by atoms with Crippen LogP contribution in [-0.2, 0) is 10.0 Å². The van der Waals surface area contributed by atoms with Crippen LogP contribution in [-0.4, -0.2) is 44.7 Å². The van der Waals surface area contributed by atoms with E-state index in [9.17, 15) is 8.42 Å². The molecule has 0 aromatic heterocycles. The van der Waals surface area contributed by atoms with Gasteiger partial charge in [0.15, 0.2) is 11.5 Å². The summed E-state index contributed by atoms with van der Waals surface area (Å²) in [5.41, 5.74) is 0.709. The van der Waals surface area contributed by atoms with Crippen molar-refractivity contribution in [2.45, 2.75) is 43.2 Å². The third-order valence-corrected chi connectivity index (χ3v) is 6.67. The average molecular weight is 324 g/mol. The number of hydrogen-bond donors (Lipinski definition) is 1. The lowest BCUT2D eigenvalue weighted by Gasteiger charge is -2.28. The highest BCUT2D eigenvalue weighted by Crippen LogP contribution is 2.40. The fourth-order valence-corrected chi connectivity index (χ4v) is 5.42. The van der Waals surface area contributed by atoms with E-state index in [0.29, 0.717) is 22.0 Å². The van der Waals surface area contributed by atoms with E-state index in [0.717, 1.165) is 32.4 Å². The van der Waals surface area contributed by atoms with Crippen molar-refractivity contribution in [1.82, 2.24) is 9.62 Å². The van der Waals surface area contributed by atoms with Crippen LogP contribution >= 0.6 is 0 Å². The Morgan fingerprint density at radius 3 is 2.50 bits per heavy atom. The zero-order chi connectivity index (χ0) is 15.3. The highest BCUT2D eigenvalue weighted by Gasteiger charge is 2.44. The number of sulfonamides is 1. The van der Waals surface area contributed by atoms with E-state index in [1.807, 2.05) is 6.92 Å². The monoisotopic (exact) mass is 324 g/mol. The van der Waals surface area contributed by atoms with Crippen LogP contribution in [0.2, 0.25) is 0 Å². The van der Waals surface area contributed by atoms with Gasteiger partial charge in [0.2, 0.25) is 16.8 Å². The van der Waals surface area contributed by atoms with Crippen LogP contribution in [0.3, 0.4) is 0 Å². The lowest BCUT2D eigenvalue weighted by molar-refractivity contribution is 0.174. The summed E-state index contributed by atoms with van der Waals surface area (Å²) in [6.45, 7) is 3.58. The van der Waals surface area contributed by atoms with Crippen molar-refractivity contribution in [3.05, 3.63) is 17.7 Å². The largest absolute Gasteiger partial charge is 0.454 e. The molecule has 0 amide bonds. The molecular formula is C15H20N2O4S. The maximum atomic E-state index is 13.2. The predicted octanol–water partition coefficient (Wildman–Crippen LogP) is 1.24. The quantitative estimate of drug-likeness (QED) is 0.902. The molecule has 1 saturated heterocycles. The molecule has 6 nitrogen and oxygen atoms in total. The molecule has 1 aromatic carbocycles. The summed E-state index contributed by atoms with van der Waals surface area (Å²) in [6.07, 6.45) is 2.79. The molecule has 7 heteroatoms. The predicted molar refractivity (Wildman–Crippen MR) is 80.6 cm³/mol. The van der Waals surface area contributed by atoms with E-state index in [1.165, 1.54) is 0 Å². The Kier molecular flexibility index (Phi) is 3.32. The first-order chi connectivity index (χ1) is 10.6. The molecule has 1 unspecified atom stereocenters. The van der Waals surface area contributed by atoms with Crippen molar-refractivity contribution in [2.75, 3.05) is 19.9 Å². The number of aryl methyl sites for hydroxylation is 1. The molecule has 0 bridgehead atoms. The van der Waals surface area contributed by atoms with Crippen LogP contribution < -0.4 is 14.8 Å². The molecule has 1 N–H and O–H groups in total. The number of ether oxygens (including phenoxy) is 2. The zero-order valence-electron chi connectivity index (χ0n) is 12.5. The van der Waals surface area contributed by atoms with Crippen LogP contribution in [0, 0.1) is 6.92 Å². The number of benzene rings is 1. The Balaban J connectivity index is 1.76. The Labute approximate surface area is 130 Å². The maximum absolute atomic E-state index is 13.2. The highest BCUT2D eigenvalue weighted by atomic mass is 32.2. The minimum Gasteiger partial charge on any atom is -0.454 e. The maximum Gasteiger partial charge on any atom is 0.244 e.